The summed E-state index contributed by atoms with van der Waals surface area (Å²) in [5.74, 6) is 0.482. The molecule has 0 aliphatic carbocycles. The van der Waals surface area contributed by atoms with Gasteiger partial charge in [0.1, 0.15) is 6.04 Å². The van der Waals surface area contributed by atoms with Crippen molar-refractivity contribution < 1.29 is 18.7 Å². The number of nitrogens with one attached hydrogen (secondary N) is 1. The number of benzene rings is 1. The molecule has 0 fully saturated rings. The van der Waals surface area contributed by atoms with E-state index in [0.29, 0.717) is 23.2 Å². The van der Waals surface area contributed by atoms with E-state index in [-0.39, 0.29) is 11.7 Å². The third-order valence-corrected chi connectivity index (χ3v) is 5.03. The van der Waals surface area contributed by atoms with Crippen molar-refractivity contribution in [2.75, 3.05) is 12.9 Å². The minimum atomic E-state index is -0.751. The van der Waals surface area contributed by atoms with Crippen LogP contribution in [0.1, 0.15) is 5.56 Å². The molecular formula is C19H20N4O4S. The lowest BCUT2D eigenvalue weighted by molar-refractivity contribution is -0.144. The summed E-state index contributed by atoms with van der Waals surface area (Å²) >= 11 is 1.22. The Hall–Kier alpha value is -3.07. The van der Waals surface area contributed by atoms with Crippen LogP contribution in [0.2, 0.25) is 0 Å². The number of esters is 1. The Morgan fingerprint density at radius 3 is 2.68 bits per heavy atom. The first kappa shape index (κ1) is 19.7. The molecule has 1 N–H and O–H groups in total. The molecule has 8 nitrogen and oxygen atoms in total. The molecule has 146 valence electrons. The molecule has 1 aromatic carbocycles. The second kappa shape index (κ2) is 9.23. The number of ether oxygens (including phenoxy) is 1. The lowest BCUT2D eigenvalue weighted by atomic mass is 10.1. The van der Waals surface area contributed by atoms with Crippen molar-refractivity contribution in [2.45, 2.75) is 17.6 Å². The first-order valence-electron chi connectivity index (χ1n) is 8.55. The van der Waals surface area contributed by atoms with Crippen LogP contribution in [-0.2, 0) is 27.8 Å². The first-order valence-corrected chi connectivity index (χ1v) is 9.54. The molecule has 0 spiro atoms. The molecule has 1 atom stereocenters. The van der Waals surface area contributed by atoms with E-state index < -0.39 is 12.0 Å². The van der Waals surface area contributed by atoms with Crippen molar-refractivity contribution in [1.29, 1.82) is 0 Å². The summed E-state index contributed by atoms with van der Waals surface area (Å²) in [5.41, 5.74) is 0.933. The van der Waals surface area contributed by atoms with Gasteiger partial charge < -0.3 is 19.0 Å². The Labute approximate surface area is 166 Å². The summed E-state index contributed by atoms with van der Waals surface area (Å²) in [4.78, 5) is 24.4. The molecule has 0 aliphatic rings. The Morgan fingerprint density at radius 2 is 2.00 bits per heavy atom. The van der Waals surface area contributed by atoms with Crippen LogP contribution < -0.4 is 5.32 Å². The van der Waals surface area contributed by atoms with Crippen molar-refractivity contribution in [3.8, 4) is 11.6 Å². The summed E-state index contributed by atoms with van der Waals surface area (Å²) in [7, 11) is 3.10. The number of methoxy groups -OCH3 is 1. The largest absolute Gasteiger partial charge is 0.467 e. The topological polar surface area (TPSA) is 99.2 Å². The van der Waals surface area contributed by atoms with E-state index in [2.05, 4.69) is 15.5 Å². The highest BCUT2D eigenvalue weighted by molar-refractivity contribution is 7.99. The zero-order chi connectivity index (χ0) is 19.9. The van der Waals surface area contributed by atoms with E-state index >= 15 is 0 Å². The lowest BCUT2D eigenvalue weighted by Gasteiger charge is -2.16. The second-order valence-corrected chi connectivity index (χ2v) is 6.91. The van der Waals surface area contributed by atoms with E-state index in [1.54, 1.807) is 30.0 Å². The van der Waals surface area contributed by atoms with Gasteiger partial charge in [-0.05, 0) is 17.7 Å². The number of furan rings is 1. The maximum absolute atomic E-state index is 12.4. The zero-order valence-electron chi connectivity index (χ0n) is 15.5. The van der Waals surface area contributed by atoms with Gasteiger partial charge in [-0.25, -0.2) is 4.79 Å². The molecule has 0 saturated heterocycles. The number of thioether (sulfide) groups is 1. The zero-order valence-corrected chi connectivity index (χ0v) is 16.3. The first-order chi connectivity index (χ1) is 13.6. The van der Waals surface area contributed by atoms with Crippen LogP contribution in [0, 0.1) is 0 Å². The minimum Gasteiger partial charge on any atom is -0.467 e. The van der Waals surface area contributed by atoms with Gasteiger partial charge in [0.05, 0.1) is 19.1 Å². The van der Waals surface area contributed by atoms with E-state index in [9.17, 15) is 9.59 Å². The van der Waals surface area contributed by atoms with Crippen molar-refractivity contribution in [3.05, 3.63) is 54.3 Å². The number of hydrogen-bond donors (Lipinski definition) is 1. The van der Waals surface area contributed by atoms with Gasteiger partial charge in [0.15, 0.2) is 16.7 Å². The average molecular weight is 400 g/mol. The van der Waals surface area contributed by atoms with Crippen molar-refractivity contribution >= 4 is 23.6 Å². The minimum absolute atomic E-state index is 0.0897. The van der Waals surface area contributed by atoms with E-state index in [0.717, 1.165) is 5.56 Å². The smallest absolute Gasteiger partial charge is 0.328 e. The van der Waals surface area contributed by atoms with Crippen LogP contribution >= 0.6 is 11.8 Å². The van der Waals surface area contributed by atoms with Crippen LogP contribution in [0.15, 0.2) is 58.3 Å². The standard InChI is InChI=1S/C19H20N4O4S/c1-23-17(15-9-6-10-27-15)21-22-19(23)28-12-16(24)20-14(18(25)26-2)11-13-7-4-3-5-8-13/h3-10,14H,11-12H2,1-2H3,(H,20,24)/t14-/m1/s1. The maximum atomic E-state index is 12.4. The molecule has 0 radical (unpaired) electrons. The van der Waals surface area contributed by atoms with Crippen LogP contribution in [0.4, 0.5) is 0 Å². The number of carbonyl (C=O) groups is 2. The number of hydrogen-bond acceptors (Lipinski definition) is 7. The summed E-state index contributed by atoms with van der Waals surface area (Å²) in [6.45, 7) is 0. The van der Waals surface area contributed by atoms with Crippen LogP contribution in [0.3, 0.4) is 0 Å². The van der Waals surface area contributed by atoms with Gasteiger partial charge in [0.25, 0.3) is 0 Å². The molecule has 28 heavy (non-hydrogen) atoms. The molecule has 0 aliphatic heterocycles. The predicted octanol–water partition coefficient (Wildman–Crippen LogP) is 2.07. The van der Waals surface area contributed by atoms with E-state index in [1.807, 2.05) is 30.3 Å². The number of amides is 1. The molecular weight excluding hydrogens is 380 g/mol. The highest BCUT2D eigenvalue weighted by Crippen LogP contribution is 2.22. The molecule has 1 amide bonds. The van der Waals surface area contributed by atoms with Crippen molar-refractivity contribution in [1.82, 2.24) is 20.1 Å². The fourth-order valence-electron chi connectivity index (χ4n) is 2.61. The SMILES string of the molecule is COC(=O)[C@@H](Cc1ccccc1)NC(=O)CSc1nnc(-c2ccco2)n1C. The third kappa shape index (κ3) is 4.80. The Balaban J connectivity index is 1.60. The van der Waals surface area contributed by atoms with Crippen LogP contribution in [0.5, 0.6) is 0 Å². The third-order valence-electron chi connectivity index (χ3n) is 4.01. The predicted molar refractivity (Wildman–Crippen MR) is 104 cm³/mol. The Kier molecular flexibility index (Phi) is 6.49. The molecule has 3 rings (SSSR count). The normalized spacial score (nSPS) is 11.8. The highest BCUT2D eigenvalue weighted by atomic mass is 32.2. The molecule has 0 unspecified atom stereocenters. The van der Waals surface area contributed by atoms with E-state index in [4.69, 9.17) is 9.15 Å². The fourth-order valence-corrected chi connectivity index (χ4v) is 3.33. The second-order valence-electron chi connectivity index (χ2n) is 5.96. The Morgan fingerprint density at radius 1 is 1.21 bits per heavy atom. The van der Waals surface area contributed by atoms with Gasteiger partial charge in [-0.3, -0.25) is 4.79 Å². The summed E-state index contributed by atoms with van der Waals surface area (Å²) in [6, 6.07) is 12.2. The summed E-state index contributed by atoms with van der Waals surface area (Å²) in [5, 5.41) is 11.5. The van der Waals surface area contributed by atoms with Gasteiger partial charge in [-0.15, -0.1) is 10.2 Å². The molecule has 3 aromatic rings. The Bertz CT molecular complexity index is 925. The molecule has 0 bridgehead atoms. The van der Waals surface area contributed by atoms with Crippen molar-refractivity contribution in [3.63, 3.8) is 0 Å². The summed E-state index contributed by atoms with van der Waals surface area (Å²) in [6.07, 6.45) is 1.92. The van der Waals surface area contributed by atoms with Crippen molar-refractivity contribution in [2.24, 2.45) is 7.05 Å². The van der Waals surface area contributed by atoms with Gasteiger partial charge in [-0.1, -0.05) is 42.1 Å². The van der Waals surface area contributed by atoms with Crippen LogP contribution in [0.25, 0.3) is 11.6 Å². The van der Waals surface area contributed by atoms with Gasteiger partial charge in [0.2, 0.25) is 5.91 Å². The van der Waals surface area contributed by atoms with Gasteiger partial charge >= 0.3 is 5.97 Å². The van der Waals surface area contributed by atoms with Crippen LogP contribution in [-0.4, -0.2) is 45.5 Å². The quantitative estimate of drug-likeness (QED) is 0.456. The highest BCUT2D eigenvalue weighted by Gasteiger charge is 2.22. The molecule has 2 heterocycles. The molecule has 0 saturated carbocycles. The van der Waals surface area contributed by atoms with E-state index in [1.165, 1.54) is 18.9 Å². The number of nitrogens with zero attached hydrogens (tertiary/aromatic N) is 3. The fraction of sp³-hybridized carbons (Fsp3) is 0.263. The lowest BCUT2D eigenvalue weighted by Crippen LogP contribution is -2.43. The van der Waals surface area contributed by atoms with Gasteiger partial charge in [0, 0.05) is 13.5 Å². The maximum Gasteiger partial charge on any atom is 0.328 e. The number of carbonyl (C=O) groups excluding carboxylic acids is 2. The number of aromatic nitrogens is 3. The molecule has 2 aromatic heterocycles. The monoisotopic (exact) mass is 400 g/mol. The molecule has 9 heteroatoms. The average Bonchev–Trinajstić information content (AvgIpc) is 3.36. The summed E-state index contributed by atoms with van der Waals surface area (Å²) < 4.78 is 11.9. The van der Waals surface area contributed by atoms with Gasteiger partial charge in [-0.2, -0.15) is 0 Å². The number of rotatable bonds is 8.